The first-order valence-electron chi connectivity index (χ1n) is 6.07. The van der Waals surface area contributed by atoms with Crippen molar-refractivity contribution in [2.45, 2.75) is 6.61 Å². The van der Waals surface area contributed by atoms with Gasteiger partial charge < -0.3 is 9.84 Å². The number of aliphatic hydroxyl groups excluding tert-OH is 1. The second-order valence-electron chi connectivity index (χ2n) is 4.10. The van der Waals surface area contributed by atoms with E-state index in [0.29, 0.717) is 0 Å². The lowest BCUT2D eigenvalue weighted by Crippen LogP contribution is -2.01. The van der Waals surface area contributed by atoms with Gasteiger partial charge in [-0.1, -0.05) is 24.0 Å². The number of hydrogen-bond donors (Lipinski definition) is 1. The van der Waals surface area contributed by atoms with Gasteiger partial charge in [-0.05, 0) is 18.2 Å². The van der Waals surface area contributed by atoms with Crippen molar-refractivity contribution in [1.29, 1.82) is 0 Å². The van der Waals surface area contributed by atoms with E-state index in [1.807, 2.05) is 0 Å². The minimum atomic E-state index is -0.983. The van der Waals surface area contributed by atoms with Crippen molar-refractivity contribution in [2.75, 3.05) is 6.61 Å². The van der Waals surface area contributed by atoms with Crippen molar-refractivity contribution in [1.82, 2.24) is 0 Å². The molecule has 0 aromatic heterocycles. The van der Waals surface area contributed by atoms with Crippen LogP contribution in [0.2, 0.25) is 0 Å². The van der Waals surface area contributed by atoms with Gasteiger partial charge in [-0.2, -0.15) is 0 Å². The van der Waals surface area contributed by atoms with Crippen LogP contribution in [0.25, 0.3) is 0 Å². The van der Waals surface area contributed by atoms with Crippen LogP contribution in [0.3, 0.4) is 0 Å². The maximum Gasteiger partial charge on any atom is 0.165 e. The molecular weight excluding hydrogens is 281 g/mol. The number of ether oxygens (including phenoxy) is 1. The molecular formula is C16H11F3O2. The zero-order valence-corrected chi connectivity index (χ0v) is 10.9. The second kappa shape index (κ2) is 6.82. The smallest absolute Gasteiger partial charge is 0.165 e. The van der Waals surface area contributed by atoms with E-state index in [1.54, 1.807) is 0 Å². The van der Waals surface area contributed by atoms with E-state index in [9.17, 15) is 13.2 Å². The molecule has 0 atom stereocenters. The van der Waals surface area contributed by atoms with Crippen LogP contribution in [0.5, 0.6) is 5.75 Å². The second-order valence-corrected chi connectivity index (χ2v) is 4.10. The maximum absolute atomic E-state index is 13.6. The maximum atomic E-state index is 13.6. The van der Waals surface area contributed by atoms with E-state index >= 15 is 0 Å². The molecule has 0 saturated carbocycles. The minimum Gasteiger partial charge on any atom is -0.489 e. The van der Waals surface area contributed by atoms with Crippen LogP contribution in [0.4, 0.5) is 13.2 Å². The Labute approximate surface area is 119 Å². The van der Waals surface area contributed by atoms with Crippen LogP contribution in [-0.2, 0) is 6.61 Å². The van der Waals surface area contributed by atoms with Crippen LogP contribution in [0.15, 0.2) is 36.4 Å². The van der Waals surface area contributed by atoms with Gasteiger partial charge in [0, 0.05) is 11.6 Å². The predicted molar refractivity (Wildman–Crippen MR) is 71.1 cm³/mol. The normalized spacial score (nSPS) is 9.90. The van der Waals surface area contributed by atoms with Gasteiger partial charge in [0.2, 0.25) is 0 Å². The van der Waals surface area contributed by atoms with E-state index in [-0.39, 0.29) is 30.1 Å². The van der Waals surface area contributed by atoms with Gasteiger partial charge in [-0.15, -0.1) is 0 Å². The molecule has 0 aliphatic heterocycles. The highest BCUT2D eigenvalue weighted by Crippen LogP contribution is 2.19. The van der Waals surface area contributed by atoms with Gasteiger partial charge in [-0.3, -0.25) is 0 Å². The average Bonchev–Trinajstić information content (AvgIpc) is 2.48. The summed E-state index contributed by atoms with van der Waals surface area (Å²) in [5, 5.41) is 8.54. The molecule has 0 saturated heterocycles. The third-order valence-corrected chi connectivity index (χ3v) is 2.67. The van der Waals surface area contributed by atoms with Gasteiger partial charge in [0.25, 0.3) is 0 Å². The average molecular weight is 292 g/mol. The fourth-order valence-electron chi connectivity index (χ4n) is 1.64. The Hall–Kier alpha value is -2.45. The van der Waals surface area contributed by atoms with Crippen molar-refractivity contribution in [3.63, 3.8) is 0 Å². The molecule has 2 aromatic rings. The molecule has 2 rings (SSSR count). The van der Waals surface area contributed by atoms with Crippen LogP contribution in [-0.4, -0.2) is 11.7 Å². The molecule has 2 nitrogen and oxygen atoms in total. The molecule has 5 heteroatoms. The first kappa shape index (κ1) is 14.9. The Morgan fingerprint density at radius 3 is 2.57 bits per heavy atom. The summed E-state index contributed by atoms with van der Waals surface area (Å²) in [6.07, 6.45) is 0. The van der Waals surface area contributed by atoms with Crippen molar-refractivity contribution >= 4 is 0 Å². The zero-order valence-electron chi connectivity index (χ0n) is 10.9. The molecule has 0 radical (unpaired) electrons. The standard InChI is InChI=1S/C16H11F3O2/c17-14-5-1-3-12(16(14)19)10-21-13-7-6-11(4-2-8-20)15(18)9-13/h1,3,5-7,9,20H,8,10H2. The van der Waals surface area contributed by atoms with E-state index < -0.39 is 17.5 Å². The quantitative estimate of drug-likeness (QED) is 0.881. The highest BCUT2D eigenvalue weighted by Gasteiger charge is 2.09. The summed E-state index contributed by atoms with van der Waals surface area (Å²) in [5.74, 6) is 2.38. The summed E-state index contributed by atoms with van der Waals surface area (Å²) in [7, 11) is 0. The molecule has 0 aliphatic rings. The van der Waals surface area contributed by atoms with Crippen LogP contribution in [0.1, 0.15) is 11.1 Å². The molecule has 0 amide bonds. The largest absolute Gasteiger partial charge is 0.489 e. The first-order chi connectivity index (χ1) is 10.1. The van der Waals surface area contributed by atoms with Crippen LogP contribution in [0, 0.1) is 29.3 Å². The molecule has 0 unspecified atom stereocenters. The Bertz CT molecular complexity index is 702. The van der Waals surface area contributed by atoms with Gasteiger partial charge >= 0.3 is 0 Å². The third-order valence-electron chi connectivity index (χ3n) is 2.67. The lowest BCUT2D eigenvalue weighted by molar-refractivity contribution is 0.295. The molecule has 21 heavy (non-hydrogen) atoms. The predicted octanol–water partition coefficient (Wildman–Crippen LogP) is 3.03. The summed E-state index contributed by atoms with van der Waals surface area (Å²) in [4.78, 5) is 0. The Morgan fingerprint density at radius 2 is 1.86 bits per heavy atom. The third kappa shape index (κ3) is 3.77. The van der Waals surface area contributed by atoms with Crippen LogP contribution >= 0.6 is 0 Å². The fourth-order valence-corrected chi connectivity index (χ4v) is 1.64. The highest BCUT2D eigenvalue weighted by atomic mass is 19.2. The molecule has 0 heterocycles. The summed E-state index contributed by atoms with van der Waals surface area (Å²) in [6.45, 7) is -0.582. The first-order valence-corrected chi connectivity index (χ1v) is 6.07. The molecule has 0 bridgehead atoms. The number of aliphatic hydroxyl groups is 1. The van der Waals surface area contributed by atoms with E-state index in [1.165, 1.54) is 24.3 Å². The van der Waals surface area contributed by atoms with Gasteiger partial charge in [0.05, 0.1) is 5.56 Å². The van der Waals surface area contributed by atoms with Crippen LogP contribution < -0.4 is 4.74 Å². The zero-order chi connectivity index (χ0) is 15.2. The topological polar surface area (TPSA) is 29.5 Å². The number of rotatable bonds is 3. The molecule has 108 valence electrons. The van der Waals surface area contributed by atoms with Crippen molar-refractivity contribution in [3.8, 4) is 17.6 Å². The summed E-state index contributed by atoms with van der Waals surface area (Å²) < 4.78 is 45.3. The highest BCUT2D eigenvalue weighted by molar-refractivity contribution is 5.39. The molecule has 0 fully saturated rings. The minimum absolute atomic E-state index is 0.0413. The van der Waals surface area contributed by atoms with Gasteiger partial charge in [0.1, 0.15) is 24.8 Å². The summed E-state index contributed by atoms with van der Waals surface area (Å²) in [5.41, 5.74) is 0.160. The molecule has 1 N–H and O–H groups in total. The van der Waals surface area contributed by atoms with E-state index in [4.69, 9.17) is 9.84 Å². The van der Waals surface area contributed by atoms with E-state index in [2.05, 4.69) is 11.8 Å². The Morgan fingerprint density at radius 1 is 1.05 bits per heavy atom. The fraction of sp³-hybridized carbons (Fsp3) is 0.125. The lowest BCUT2D eigenvalue weighted by atomic mass is 10.2. The Balaban J connectivity index is 2.10. The van der Waals surface area contributed by atoms with Gasteiger partial charge in [0.15, 0.2) is 11.6 Å². The summed E-state index contributed by atoms with van der Waals surface area (Å²) >= 11 is 0. The van der Waals surface area contributed by atoms with Crippen molar-refractivity contribution in [2.24, 2.45) is 0 Å². The summed E-state index contributed by atoms with van der Waals surface area (Å²) in [6, 6.07) is 7.70. The Kier molecular flexibility index (Phi) is 4.85. The SMILES string of the molecule is OCC#Cc1ccc(OCc2cccc(F)c2F)cc1F. The van der Waals surface area contributed by atoms with E-state index in [0.717, 1.165) is 12.1 Å². The number of benzene rings is 2. The van der Waals surface area contributed by atoms with Crippen molar-refractivity contribution < 1.29 is 23.0 Å². The monoisotopic (exact) mass is 292 g/mol. The number of halogens is 3. The van der Waals surface area contributed by atoms with Crippen molar-refractivity contribution in [3.05, 3.63) is 65.0 Å². The number of hydrogen-bond acceptors (Lipinski definition) is 2. The molecule has 2 aromatic carbocycles. The van der Waals surface area contributed by atoms with Gasteiger partial charge in [-0.25, -0.2) is 13.2 Å². The lowest BCUT2D eigenvalue weighted by Gasteiger charge is -2.08. The molecule has 0 spiro atoms. The molecule has 0 aliphatic carbocycles.